The SMILES string of the molecule is CCC(=O)c1c(-c2ccc(F)cc2)oc2ccc(-c3cc(C(=O)CC4(C(=O)OC)CC4)ccc3C)cc12. The zero-order valence-corrected chi connectivity index (χ0v) is 21.0. The largest absolute Gasteiger partial charge is 0.469 e. The second-order valence-electron chi connectivity index (χ2n) is 9.70. The van der Waals surface area contributed by atoms with Crippen LogP contribution < -0.4 is 0 Å². The lowest BCUT2D eigenvalue weighted by atomic mass is 9.91. The summed E-state index contributed by atoms with van der Waals surface area (Å²) >= 11 is 0. The molecule has 3 aromatic carbocycles. The van der Waals surface area contributed by atoms with Gasteiger partial charge in [-0.05, 0) is 78.9 Å². The highest BCUT2D eigenvalue weighted by Crippen LogP contribution is 2.50. The van der Waals surface area contributed by atoms with Crippen LogP contribution in [0.15, 0.2) is 65.1 Å². The van der Waals surface area contributed by atoms with Crippen LogP contribution in [0.1, 0.15) is 58.9 Å². The Hall–Kier alpha value is -4.06. The molecular formula is C31H27FO5. The highest BCUT2D eigenvalue weighted by Gasteiger charge is 2.52. The van der Waals surface area contributed by atoms with E-state index in [4.69, 9.17) is 9.15 Å². The Morgan fingerprint density at radius 2 is 1.65 bits per heavy atom. The first-order valence-electron chi connectivity index (χ1n) is 12.3. The van der Waals surface area contributed by atoms with E-state index in [1.165, 1.54) is 19.2 Å². The number of hydrogen-bond donors (Lipinski definition) is 0. The maximum atomic E-state index is 13.5. The summed E-state index contributed by atoms with van der Waals surface area (Å²) in [6, 6.07) is 17.0. The standard InChI is InChI=1S/C31H27FO5/c1-4-25(33)28-24-15-20(9-12-27(24)37-29(28)19-7-10-22(32)11-8-19)23-16-21(6-5-18(23)2)26(34)17-31(13-14-31)30(35)36-3/h5-12,15-16H,4,13-14,17H2,1-3H3. The van der Waals surface area contributed by atoms with Crippen LogP contribution in [0.4, 0.5) is 4.39 Å². The third-order valence-electron chi connectivity index (χ3n) is 7.24. The van der Waals surface area contributed by atoms with Gasteiger partial charge >= 0.3 is 5.97 Å². The second-order valence-corrected chi connectivity index (χ2v) is 9.70. The van der Waals surface area contributed by atoms with Crippen molar-refractivity contribution in [2.45, 2.75) is 39.5 Å². The topological polar surface area (TPSA) is 73.6 Å². The number of carbonyl (C=O) groups is 3. The Labute approximate surface area is 214 Å². The van der Waals surface area contributed by atoms with Crippen molar-refractivity contribution in [1.82, 2.24) is 0 Å². The van der Waals surface area contributed by atoms with Crippen LogP contribution in [-0.4, -0.2) is 24.6 Å². The number of methoxy groups -OCH3 is 1. The van der Waals surface area contributed by atoms with Crippen molar-refractivity contribution in [2.75, 3.05) is 7.11 Å². The molecule has 4 aromatic rings. The third-order valence-corrected chi connectivity index (χ3v) is 7.24. The molecule has 1 fully saturated rings. The molecule has 188 valence electrons. The first kappa shape index (κ1) is 24.6. The third kappa shape index (κ3) is 4.48. The minimum Gasteiger partial charge on any atom is -0.469 e. The number of aryl methyl sites for hydroxylation is 1. The lowest BCUT2D eigenvalue weighted by Gasteiger charge is -2.13. The van der Waals surface area contributed by atoms with Crippen LogP contribution in [0.5, 0.6) is 0 Å². The minimum absolute atomic E-state index is 0.0755. The molecule has 0 unspecified atom stereocenters. The van der Waals surface area contributed by atoms with E-state index in [-0.39, 0.29) is 36.2 Å². The van der Waals surface area contributed by atoms with Crippen LogP contribution in [0.25, 0.3) is 33.4 Å². The zero-order chi connectivity index (χ0) is 26.3. The van der Waals surface area contributed by atoms with Gasteiger partial charge in [0, 0.05) is 29.4 Å². The van der Waals surface area contributed by atoms with E-state index in [1.807, 2.05) is 37.3 Å². The molecule has 0 aliphatic heterocycles. The van der Waals surface area contributed by atoms with Crippen molar-refractivity contribution in [1.29, 1.82) is 0 Å². The number of hydrogen-bond acceptors (Lipinski definition) is 5. The molecule has 5 rings (SSSR count). The molecule has 5 nitrogen and oxygen atoms in total. The van der Waals surface area contributed by atoms with Crippen LogP contribution in [0.3, 0.4) is 0 Å². The molecular weight excluding hydrogens is 471 g/mol. The molecule has 1 aliphatic carbocycles. The molecule has 1 saturated carbocycles. The van der Waals surface area contributed by atoms with Gasteiger partial charge in [0.1, 0.15) is 17.2 Å². The average molecular weight is 499 g/mol. The number of carbonyl (C=O) groups excluding carboxylic acids is 3. The van der Waals surface area contributed by atoms with Gasteiger partial charge in [-0.25, -0.2) is 4.39 Å². The quantitative estimate of drug-likeness (QED) is 0.188. The molecule has 0 atom stereocenters. The monoisotopic (exact) mass is 498 g/mol. The number of halogens is 1. The Balaban J connectivity index is 1.57. The van der Waals surface area contributed by atoms with Crippen LogP contribution in [0.2, 0.25) is 0 Å². The van der Waals surface area contributed by atoms with Gasteiger partial charge in [0.15, 0.2) is 11.6 Å². The van der Waals surface area contributed by atoms with Crippen LogP contribution in [-0.2, 0) is 9.53 Å². The Morgan fingerprint density at radius 1 is 0.946 bits per heavy atom. The number of ketones is 2. The summed E-state index contributed by atoms with van der Waals surface area (Å²) in [5, 5.41) is 0.669. The first-order valence-corrected chi connectivity index (χ1v) is 12.3. The van der Waals surface area contributed by atoms with Gasteiger partial charge < -0.3 is 9.15 Å². The predicted octanol–water partition coefficient (Wildman–Crippen LogP) is 7.33. The smallest absolute Gasteiger partial charge is 0.312 e. The molecule has 0 spiro atoms. The van der Waals surface area contributed by atoms with Gasteiger partial charge in [-0.2, -0.15) is 0 Å². The molecule has 0 bridgehead atoms. The van der Waals surface area contributed by atoms with E-state index in [0.29, 0.717) is 46.3 Å². The molecule has 0 radical (unpaired) electrons. The van der Waals surface area contributed by atoms with E-state index in [2.05, 4.69) is 0 Å². The summed E-state index contributed by atoms with van der Waals surface area (Å²) in [5.74, 6) is -0.460. The summed E-state index contributed by atoms with van der Waals surface area (Å²) in [7, 11) is 1.35. The highest BCUT2D eigenvalue weighted by molar-refractivity contribution is 6.13. The second kappa shape index (κ2) is 9.43. The molecule has 0 amide bonds. The molecule has 0 N–H and O–H groups in total. The Bertz CT molecular complexity index is 1540. The fraction of sp³-hybridized carbons (Fsp3) is 0.258. The van der Waals surface area contributed by atoms with E-state index < -0.39 is 5.41 Å². The number of rotatable bonds is 8. The van der Waals surface area contributed by atoms with Gasteiger partial charge in [0.05, 0.1) is 18.1 Å². The van der Waals surface area contributed by atoms with Crippen molar-refractivity contribution >= 4 is 28.5 Å². The van der Waals surface area contributed by atoms with E-state index in [1.54, 1.807) is 25.1 Å². The lowest BCUT2D eigenvalue weighted by Crippen LogP contribution is -2.21. The van der Waals surface area contributed by atoms with Gasteiger partial charge in [0.25, 0.3) is 0 Å². The van der Waals surface area contributed by atoms with E-state index in [0.717, 1.165) is 16.7 Å². The summed E-state index contributed by atoms with van der Waals surface area (Å²) in [6.07, 6.45) is 1.73. The minimum atomic E-state index is -0.696. The number of benzene rings is 3. The summed E-state index contributed by atoms with van der Waals surface area (Å²) < 4.78 is 24.5. The van der Waals surface area contributed by atoms with Gasteiger partial charge in [-0.15, -0.1) is 0 Å². The van der Waals surface area contributed by atoms with E-state index in [9.17, 15) is 18.8 Å². The van der Waals surface area contributed by atoms with E-state index >= 15 is 0 Å². The normalized spacial score (nSPS) is 13.9. The highest BCUT2D eigenvalue weighted by atomic mass is 19.1. The zero-order valence-electron chi connectivity index (χ0n) is 21.0. The summed E-state index contributed by atoms with van der Waals surface area (Å²) in [5.41, 5.74) is 4.14. The summed E-state index contributed by atoms with van der Waals surface area (Å²) in [6.45, 7) is 3.75. The maximum absolute atomic E-state index is 13.5. The molecule has 1 aliphatic rings. The van der Waals surface area contributed by atoms with Crippen molar-refractivity contribution < 1.29 is 27.9 Å². The lowest BCUT2D eigenvalue weighted by molar-refractivity contribution is -0.147. The first-order chi connectivity index (χ1) is 17.8. The number of fused-ring (bicyclic) bond motifs is 1. The number of esters is 1. The van der Waals surface area contributed by atoms with Crippen molar-refractivity contribution in [3.8, 4) is 22.5 Å². The maximum Gasteiger partial charge on any atom is 0.312 e. The van der Waals surface area contributed by atoms with Crippen molar-refractivity contribution in [3.63, 3.8) is 0 Å². The van der Waals surface area contributed by atoms with Crippen molar-refractivity contribution in [2.24, 2.45) is 5.41 Å². The Morgan fingerprint density at radius 3 is 2.30 bits per heavy atom. The van der Waals surface area contributed by atoms with Crippen LogP contribution >= 0.6 is 0 Å². The summed E-state index contributed by atoms with van der Waals surface area (Å²) in [4.78, 5) is 38.2. The molecule has 1 aromatic heterocycles. The van der Waals surface area contributed by atoms with Crippen LogP contribution in [0, 0.1) is 18.2 Å². The van der Waals surface area contributed by atoms with Crippen molar-refractivity contribution in [3.05, 3.63) is 83.2 Å². The van der Waals surface area contributed by atoms with Gasteiger partial charge in [-0.1, -0.05) is 25.1 Å². The molecule has 6 heteroatoms. The fourth-order valence-electron chi connectivity index (χ4n) is 4.86. The number of ether oxygens (including phenoxy) is 1. The van der Waals surface area contributed by atoms with Gasteiger partial charge in [0.2, 0.25) is 0 Å². The molecule has 1 heterocycles. The molecule has 0 saturated heterocycles. The Kier molecular flexibility index (Phi) is 6.28. The molecule has 37 heavy (non-hydrogen) atoms. The average Bonchev–Trinajstić information content (AvgIpc) is 3.59. The fourth-order valence-corrected chi connectivity index (χ4v) is 4.86. The predicted molar refractivity (Wildman–Crippen MR) is 139 cm³/mol. The number of furan rings is 1. The number of Topliss-reactive ketones (excluding diaryl/α,β-unsaturated/α-hetero) is 2. The van der Waals surface area contributed by atoms with Gasteiger partial charge in [-0.3, -0.25) is 14.4 Å².